The number of hydrogen-bond donors (Lipinski definition) is 2. The van der Waals surface area contributed by atoms with Crippen LogP contribution in [0.3, 0.4) is 0 Å². The highest BCUT2D eigenvalue weighted by Gasteiger charge is 2.21. The van der Waals surface area contributed by atoms with Crippen molar-refractivity contribution in [2.75, 3.05) is 14.1 Å². The summed E-state index contributed by atoms with van der Waals surface area (Å²) in [6.45, 7) is 0.666. The summed E-state index contributed by atoms with van der Waals surface area (Å²) in [6, 6.07) is 8.30. The highest BCUT2D eigenvalue weighted by atomic mass is 19.1. The molecule has 0 radical (unpaired) electrons. The molecule has 5 aromatic heterocycles. The Bertz CT molecular complexity index is 1740. The number of pyridine rings is 3. The van der Waals surface area contributed by atoms with Crippen molar-refractivity contribution >= 4 is 21.9 Å². The fraction of sp³-hybridized carbons (Fsp3) is 0.115. The Labute approximate surface area is 204 Å². The normalized spacial score (nSPS) is 11.7. The lowest BCUT2D eigenvalue weighted by molar-refractivity contribution is 0.402. The highest BCUT2D eigenvalue weighted by Crippen LogP contribution is 2.34. The Balaban J connectivity index is 1.50. The van der Waals surface area contributed by atoms with E-state index in [2.05, 4.69) is 35.1 Å². The number of halogens is 2. The van der Waals surface area contributed by atoms with Gasteiger partial charge in [-0.3, -0.25) is 20.1 Å². The van der Waals surface area contributed by atoms with Gasteiger partial charge in [-0.1, -0.05) is 18.2 Å². The molecule has 0 unspecified atom stereocenters. The van der Waals surface area contributed by atoms with E-state index in [9.17, 15) is 4.39 Å². The lowest BCUT2D eigenvalue weighted by Crippen LogP contribution is -2.10. The van der Waals surface area contributed by atoms with Gasteiger partial charge in [0.25, 0.3) is 0 Å². The van der Waals surface area contributed by atoms with Crippen LogP contribution in [0.4, 0.5) is 8.78 Å². The Morgan fingerprint density at radius 3 is 2.61 bits per heavy atom. The van der Waals surface area contributed by atoms with Gasteiger partial charge in [0.2, 0.25) is 0 Å². The standard InChI is InChI=1S/C26H20F2N8/c1-36(2)13-14-7-15(9-29-8-14)23-22(28)21-19(12-31-23)34-35-25(21)26-32-20-11-30-10-17(24(20)33-26)16-5-3-4-6-18(16)27/h3-12H,13H2,1-2H3,(H,32,33)(H,34,35). The van der Waals surface area contributed by atoms with E-state index in [1.807, 2.05) is 25.1 Å². The fourth-order valence-corrected chi connectivity index (χ4v) is 4.34. The molecule has 178 valence electrons. The lowest BCUT2D eigenvalue weighted by Gasteiger charge is -2.10. The summed E-state index contributed by atoms with van der Waals surface area (Å²) in [7, 11) is 3.91. The summed E-state index contributed by atoms with van der Waals surface area (Å²) in [6.07, 6.45) is 8.01. The molecule has 0 spiro atoms. The summed E-state index contributed by atoms with van der Waals surface area (Å²) < 4.78 is 30.4. The zero-order valence-corrected chi connectivity index (χ0v) is 19.4. The molecule has 6 rings (SSSR count). The molecule has 0 fully saturated rings. The number of benzene rings is 1. The SMILES string of the molecule is CN(C)Cc1cncc(-c2ncc3n[nH]c(-c4nc5c(-c6ccccc6F)cncc5[nH]4)c3c2F)c1. The zero-order chi connectivity index (χ0) is 24.8. The van der Waals surface area contributed by atoms with Crippen molar-refractivity contribution in [3.63, 3.8) is 0 Å². The van der Waals surface area contributed by atoms with Gasteiger partial charge in [-0.15, -0.1) is 0 Å². The van der Waals surface area contributed by atoms with Gasteiger partial charge in [-0.2, -0.15) is 5.10 Å². The smallest absolute Gasteiger partial charge is 0.161 e. The van der Waals surface area contributed by atoms with Crippen molar-refractivity contribution in [3.05, 3.63) is 78.5 Å². The van der Waals surface area contributed by atoms with Crippen LogP contribution in [0.25, 0.3) is 55.8 Å². The van der Waals surface area contributed by atoms with Crippen molar-refractivity contribution in [2.45, 2.75) is 6.54 Å². The average Bonchev–Trinajstić information content (AvgIpc) is 3.49. The first kappa shape index (κ1) is 21.9. The van der Waals surface area contributed by atoms with Crippen molar-refractivity contribution in [1.29, 1.82) is 0 Å². The Morgan fingerprint density at radius 1 is 0.944 bits per heavy atom. The van der Waals surface area contributed by atoms with E-state index in [1.165, 1.54) is 12.3 Å². The fourth-order valence-electron chi connectivity index (χ4n) is 4.34. The van der Waals surface area contributed by atoms with Gasteiger partial charge in [-0.05, 0) is 31.8 Å². The van der Waals surface area contributed by atoms with Gasteiger partial charge in [0, 0.05) is 41.8 Å². The van der Waals surface area contributed by atoms with E-state index in [4.69, 9.17) is 0 Å². The number of aromatic amines is 2. The van der Waals surface area contributed by atoms with Gasteiger partial charge < -0.3 is 9.88 Å². The van der Waals surface area contributed by atoms with Crippen molar-refractivity contribution < 1.29 is 8.78 Å². The maximum atomic E-state index is 15.9. The second-order valence-corrected chi connectivity index (χ2v) is 8.75. The maximum absolute atomic E-state index is 15.9. The summed E-state index contributed by atoms with van der Waals surface area (Å²) in [5.41, 5.74) is 4.41. The molecule has 36 heavy (non-hydrogen) atoms. The van der Waals surface area contributed by atoms with Gasteiger partial charge in [-0.25, -0.2) is 13.8 Å². The predicted octanol–water partition coefficient (Wildman–Crippen LogP) is 4.97. The van der Waals surface area contributed by atoms with Crippen LogP contribution in [0.5, 0.6) is 0 Å². The largest absolute Gasteiger partial charge is 0.335 e. The number of hydrogen-bond acceptors (Lipinski definition) is 6. The van der Waals surface area contributed by atoms with Gasteiger partial charge in [0.05, 0.1) is 23.3 Å². The molecule has 0 amide bonds. The molecule has 0 atom stereocenters. The third-order valence-electron chi connectivity index (χ3n) is 5.90. The number of fused-ring (bicyclic) bond motifs is 2. The monoisotopic (exact) mass is 482 g/mol. The number of nitrogens with one attached hydrogen (secondary N) is 2. The molecule has 10 heteroatoms. The molecule has 0 aliphatic heterocycles. The van der Waals surface area contributed by atoms with Crippen LogP contribution in [-0.2, 0) is 6.54 Å². The molecule has 0 bridgehead atoms. The molecule has 5 heterocycles. The van der Waals surface area contributed by atoms with E-state index >= 15 is 4.39 Å². The summed E-state index contributed by atoms with van der Waals surface area (Å²) >= 11 is 0. The summed E-state index contributed by atoms with van der Waals surface area (Å²) in [5.74, 6) is -0.559. The zero-order valence-electron chi connectivity index (χ0n) is 19.4. The van der Waals surface area contributed by atoms with Gasteiger partial charge >= 0.3 is 0 Å². The van der Waals surface area contributed by atoms with E-state index in [-0.39, 0.29) is 16.9 Å². The van der Waals surface area contributed by atoms with Crippen LogP contribution in [0, 0.1) is 11.6 Å². The minimum Gasteiger partial charge on any atom is -0.335 e. The minimum atomic E-state index is -0.534. The van der Waals surface area contributed by atoms with E-state index in [1.54, 1.807) is 43.0 Å². The maximum Gasteiger partial charge on any atom is 0.161 e. The topological polar surface area (TPSA) is 99.3 Å². The summed E-state index contributed by atoms with van der Waals surface area (Å²) in [4.78, 5) is 22.7. The van der Waals surface area contributed by atoms with Crippen LogP contribution >= 0.6 is 0 Å². The van der Waals surface area contributed by atoms with Crippen LogP contribution in [0.2, 0.25) is 0 Å². The number of aromatic nitrogens is 7. The third kappa shape index (κ3) is 3.68. The molecule has 0 aliphatic rings. The molecule has 0 aliphatic carbocycles. The number of H-pyrrole nitrogens is 2. The Kier molecular flexibility index (Phi) is 5.23. The Morgan fingerprint density at radius 2 is 1.78 bits per heavy atom. The van der Waals surface area contributed by atoms with E-state index in [0.29, 0.717) is 51.3 Å². The van der Waals surface area contributed by atoms with E-state index in [0.717, 1.165) is 5.56 Å². The minimum absolute atomic E-state index is 0.170. The third-order valence-corrected chi connectivity index (χ3v) is 5.90. The molecular weight excluding hydrogens is 462 g/mol. The molecule has 6 aromatic rings. The highest BCUT2D eigenvalue weighted by molar-refractivity contribution is 5.97. The van der Waals surface area contributed by atoms with Crippen molar-refractivity contribution in [2.24, 2.45) is 0 Å². The second-order valence-electron chi connectivity index (χ2n) is 8.75. The Hall–Kier alpha value is -4.57. The van der Waals surface area contributed by atoms with Crippen molar-refractivity contribution in [3.8, 4) is 33.9 Å². The van der Waals surface area contributed by atoms with Crippen LogP contribution in [-0.4, -0.2) is 54.1 Å². The first-order valence-electron chi connectivity index (χ1n) is 11.2. The van der Waals surface area contributed by atoms with Crippen LogP contribution in [0.15, 0.2) is 61.3 Å². The number of nitrogens with zero attached hydrogens (tertiary/aromatic N) is 6. The molecule has 0 saturated heterocycles. The lowest BCUT2D eigenvalue weighted by atomic mass is 10.1. The molecule has 2 N–H and O–H groups in total. The van der Waals surface area contributed by atoms with Gasteiger partial charge in [0.15, 0.2) is 11.6 Å². The predicted molar refractivity (Wildman–Crippen MR) is 133 cm³/mol. The first-order chi connectivity index (χ1) is 17.5. The van der Waals surface area contributed by atoms with Gasteiger partial charge in [0.1, 0.15) is 28.2 Å². The summed E-state index contributed by atoms with van der Waals surface area (Å²) in [5, 5.41) is 7.35. The van der Waals surface area contributed by atoms with E-state index < -0.39 is 5.82 Å². The quantitative estimate of drug-likeness (QED) is 0.360. The van der Waals surface area contributed by atoms with Crippen molar-refractivity contribution in [1.82, 2.24) is 40.0 Å². The second kappa shape index (κ2) is 8.58. The number of rotatable bonds is 5. The van der Waals surface area contributed by atoms with Crippen LogP contribution < -0.4 is 0 Å². The number of imidazole rings is 1. The van der Waals surface area contributed by atoms with Crippen LogP contribution in [0.1, 0.15) is 5.56 Å². The first-order valence-corrected chi connectivity index (χ1v) is 11.2. The average molecular weight is 482 g/mol. The molecule has 1 aromatic carbocycles. The molecule has 8 nitrogen and oxygen atoms in total. The molecule has 0 saturated carbocycles. The molecular formula is C26H20F2N8.